The number of halogens is 2. The minimum absolute atomic E-state index is 0.000482. The number of benzene rings is 2. The van der Waals surface area contributed by atoms with E-state index < -0.39 is 17.6 Å². The van der Waals surface area contributed by atoms with Crippen LogP contribution in [-0.2, 0) is 24.3 Å². The summed E-state index contributed by atoms with van der Waals surface area (Å²) in [5.74, 6) is -1.60. The van der Waals surface area contributed by atoms with Gasteiger partial charge in [-0.25, -0.2) is 28.5 Å². The molecule has 0 fully saturated rings. The summed E-state index contributed by atoms with van der Waals surface area (Å²) >= 11 is 0. The number of fused-ring (bicyclic) bond motifs is 2. The highest BCUT2D eigenvalue weighted by Crippen LogP contribution is 2.28. The van der Waals surface area contributed by atoms with Gasteiger partial charge in [-0.05, 0) is 48.0 Å². The van der Waals surface area contributed by atoms with Gasteiger partial charge in [0.25, 0.3) is 0 Å². The summed E-state index contributed by atoms with van der Waals surface area (Å²) in [5.41, 5.74) is 3.28. The predicted octanol–water partition coefficient (Wildman–Crippen LogP) is 5.54. The van der Waals surface area contributed by atoms with E-state index in [0.717, 1.165) is 23.3 Å². The Balaban J connectivity index is 1.25. The first kappa shape index (κ1) is 27.0. The molecule has 0 aliphatic rings. The highest BCUT2D eigenvalue weighted by molar-refractivity contribution is 5.92. The van der Waals surface area contributed by atoms with Gasteiger partial charge in [0.15, 0.2) is 0 Å². The summed E-state index contributed by atoms with van der Waals surface area (Å²) < 4.78 is 45.5. The minimum atomic E-state index is -1.07. The van der Waals surface area contributed by atoms with Crippen molar-refractivity contribution in [1.82, 2.24) is 23.9 Å². The number of ether oxygens (including phenoxy) is 2. The molecule has 0 atom stereocenters. The summed E-state index contributed by atoms with van der Waals surface area (Å²) in [5, 5.41) is 9.41. The number of nitrogens with zero attached hydrogens (tertiary/aromatic N) is 5. The van der Waals surface area contributed by atoms with E-state index in [1.165, 1.54) is 12.1 Å². The molecule has 11 heteroatoms. The van der Waals surface area contributed by atoms with E-state index in [2.05, 4.69) is 15.0 Å². The van der Waals surface area contributed by atoms with E-state index in [9.17, 15) is 9.90 Å². The maximum absolute atomic E-state index is 15.4. The Hall–Kier alpha value is -5.16. The molecule has 42 heavy (non-hydrogen) atoms. The third kappa shape index (κ3) is 5.41. The molecule has 0 spiro atoms. The van der Waals surface area contributed by atoms with Crippen LogP contribution >= 0.6 is 0 Å². The second-order valence-corrected chi connectivity index (χ2v) is 9.66. The fraction of sp³-hybridized carbons (Fsp3) is 0.161. The summed E-state index contributed by atoms with van der Waals surface area (Å²) in [6.45, 7) is 0.923. The number of rotatable bonds is 10. The first-order chi connectivity index (χ1) is 20.4. The molecule has 9 nitrogen and oxygen atoms in total. The van der Waals surface area contributed by atoms with Crippen molar-refractivity contribution in [2.45, 2.75) is 19.6 Å². The lowest BCUT2D eigenvalue weighted by atomic mass is 10.0. The molecule has 0 amide bonds. The van der Waals surface area contributed by atoms with Gasteiger partial charge in [-0.1, -0.05) is 12.1 Å². The molecule has 0 saturated heterocycles. The van der Waals surface area contributed by atoms with Crippen LogP contribution in [-0.4, -0.2) is 48.7 Å². The van der Waals surface area contributed by atoms with Crippen LogP contribution in [0.3, 0.4) is 0 Å². The fourth-order valence-corrected chi connectivity index (χ4v) is 4.82. The predicted molar refractivity (Wildman–Crippen MR) is 150 cm³/mol. The second-order valence-electron chi connectivity index (χ2n) is 9.66. The maximum Gasteiger partial charge on any atom is 0.335 e. The van der Waals surface area contributed by atoms with E-state index in [1.54, 1.807) is 42.1 Å². The van der Waals surface area contributed by atoms with Crippen molar-refractivity contribution in [3.05, 3.63) is 113 Å². The highest BCUT2D eigenvalue weighted by Gasteiger charge is 2.18. The van der Waals surface area contributed by atoms with Crippen LogP contribution in [0.15, 0.2) is 79.3 Å². The SMILES string of the molecule is COCCn1c(Cc2cc(F)c(-c3cccc(OCc4ccc5nccn5c4)n3)cc2F)nc2ccc(C(=O)O)cc21. The normalized spacial score (nSPS) is 11.4. The van der Waals surface area contributed by atoms with E-state index in [1.807, 2.05) is 28.9 Å². The van der Waals surface area contributed by atoms with Crippen LogP contribution in [0.5, 0.6) is 5.88 Å². The third-order valence-corrected chi connectivity index (χ3v) is 6.91. The topological polar surface area (TPSA) is 104 Å². The fourth-order valence-electron chi connectivity index (χ4n) is 4.82. The lowest BCUT2D eigenvalue weighted by Crippen LogP contribution is -2.10. The zero-order valence-corrected chi connectivity index (χ0v) is 22.5. The van der Waals surface area contributed by atoms with Crippen molar-refractivity contribution in [2.75, 3.05) is 13.7 Å². The maximum atomic E-state index is 15.4. The highest BCUT2D eigenvalue weighted by atomic mass is 19.1. The van der Waals surface area contributed by atoms with Gasteiger partial charge in [-0.3, -0.25) is 0 Å². The van der Waals surface area contributed by atoms with Crippen molar-refractivity contribution in [2.24, 2.45) is 0 Å². The number of carbonyl (C=O) groups is 1. The molecule has 0 aliphatic carbocycles. The van der Waals surface area contributed by atoms with Crippen LogP contribution in [0, 0.1) is 11.6 Å². The largest absolute Gasteiger partial charge is 0.478 e. The molecule has 0 radical (unpaired) electrons. The number of methoxy groups -OCH3 is 1. The Labute approximate surface area is 238 Å². The van der Waals surface area contributed by atoms with E-state index in [0.29, 0.717) is 30.0 Å². The number of pyridine rings is 2. The van der Waals surface area contributed by atoms with Gasteiger partial charge >= 0.3 is 5.97 Å². The van der Waals surface area contributed by atoms with Gasteiger partial charge in [0.2, 0.25) is 5.88 Å². The van der Waals surface area contributed by atoms with Crippen molar-refractivity contribution < 1.29 is 28.2 Å². The summed E-state index contributed by atoms with van der Waals surface area (Å²) in [6, 6.07) is 15.5. The Morgan fingerprint density at radius 1 is 1.02 bits per heavy atom. The number of carboxylic acids is 1. The minimum Gasteiger partial charge on any atom is -0.478 e. The van der Waals surface area contributed by atoms with E-state index >= 15 is 8.78 Å². The molecule has 6 aromatic rings. The smallest absolute Gasteiger partial charge is 0.335 e. The molecule has 0 saturated carbocycles. The quantitative estimate of drug-likeness (QED) is 0.231. The van der Waals surface area contributed by atoms with E-state index in [4.69, 9.17) is 9.47 Å². The van der Waals surface area contributed by atoms with Crippen LogP contribution in [0.4, 0.5) is 8.78 Å². The van der Waals surface area contributed by atoms with Gasteiger partial charge < -0.3 is 23.5 Å². The molecule has 0 aliphatic heterocycles. The zero-order chi connectivity index (χ0) is 29.2. The second kappa shape index (κ2) is 11.4. The first-order valence-electron chi connectivity index (χ1n) is 13.1. The van der Waals surface area contributed by atoms with Crippen LogP contribution in [0.1, 0.15) is 27.3 Å². The molecule has 4 aromatic heterocycles. The Morgan fingerprint density at radius 2 is 1.90 bits per heavy atom. The molecule has 1 N–H and O–H groups in total. The lowest BCUT2D eigenvalue weighted by Gasteiger charge is -2.12. The van der Waals surface area contributed by atoms with Crippen molar-refractivity contribution in [3.8, 4) is 17.1 Å². The number of imidazole rings is 2. The van der Waals surface area contributed by atoms with Crippen LogP contribution in [0.25, 0.3) is 27.9 Å². The molecular weight excluding hydrogens is 544 g/mol. The van der Waals surface area contributed by atoms with Crippen molar-refractivity contribution >= 4 is 22.6 Å². The van der Waals surface area contributed by atoms with E-state index in [-0.39, 0.29) is 41.3 Å². The number of carboxylic acid groups (broad SMARTS) is 1. The van der Waals surface area contributed by atoms with Crippen LogP contribution in [0.2, 0.25) is 0 Å². The van der Waals surface area contributed by atoms with Gasteiger partial charge in [0.1, 0.15) is 29.7 Å². The molecule has 0 unspecified atom stereocenters. The van der Waals surface area contributed by atoms with Gasteiger partial charge in [-0.2, -0.15) is 0 Å². The Bertz CT molecular complexity index is 1930. The summed E-state index contributed by atoms with van der Waals surface area (Å²) in [4.78, 5) is 24.7. The lowest BCUT2D eigenvalue weighted by molar-refractivity contribution is 0.0697. The molecular formula is C31H25F2N5O4. The Morgan fingerprint density at radius 3 is 2.74 bits per heavy atom. The summed E-state index contributed by atoms with van der Waals surface area (Å²) in [7, 11) is 1.55. The van der Waals surface area contributed by atoms with Gasteiger partial charge in [0.05, 0.1) is 28.9 Å². The number of aromatic carboxylic acids is 1. The van der Waals surface area contributed by atoms with Crippen LogP contribution < -0.4 is 4.74 Å². The monoisotopic (exact) mass is 569 g/mol. The third-order valence-electron chi connectivity index (χ3n) is 6.91. The van der Waals surface area contributed by atoms with Crippen molar-refractivity contribution in [1.29, 1.82) is 0 Å². The number of aromatic nitrogens is 5. The number of hydrogen-bond donors (Lipinski definition) is 1. The zero-order valence-electron chi connectivity index (χ0n) is 22.5. The molecule has 4 heterocycles. The standard InChI is InChI=1S/C31H25F2N5O4/c1-41-12-11-38-27-14-20(31(39)40)6-7-26(27)35-29(38)15-21-13-24(33)22(16-23(21)32)25-3-2-4-30(36-25)42-18-19-5-8-28-34-9-10-37(28)17-19/h2-10,13-14,16-17H,11-12,15,18H2,1H3,(H,39,40). The molecule has 6 rings (SSSR count). The first-order valence-corrected chi connectivity index (χ1v) is 13.1. The Kier molecular flexibility index (Phi) is 7.32. The van der Waals surface area contributed by atoms with Crippen molar-refractivity contribution in [3.63, 3.8) is 0 Å². The van der Waals surface area contributed by atoms with Gasteiger partial charge in [0, 0.05) is 55.9 Å². The van der Waals surface area contributed by atoms with Gasteiger partial charge in [-0.15, -0.1) is 0 Å². The molecule has 0 bridgehead atoms. The summed E-state index contributed by atoms with van der Waals surface area (Å²) in [6.07, 6.45) is 5.43. The number of hydrogen-bond acceptors (Lipinski definition) is 6. The molecule has 2 aromatic carbocycles. The average molecular weight is 570 g/mol. The average Bonchev–Trinajstić information content (AvgIpc) is 3.60. The molecule has 212 valence electrons.